The Bertz CT molecular complexity index is 534. The molecule has 2 fully saturated rings. The summed E-state index contributed by atoms with van der Waals surface area (Å²) >= 11 is 3.31. The minimum atomic E-state index is -0.0945. The number of halogens is 1. The molecule has 2 saturated heterocycles. The van der Waals surface area contributed by atoms with Crippen molar-refractivity contribution in [1.29, 1.82) is 0 Å². The van der Waals surface area contributed by atoms with E-state index in [-0.39, 0.29) is 18.1 Å². The van der Waals surface area contributed by atoms with Crippen LogP contribution in [0.3, 0.4) is 0 Å². The third-order valence-electron chi connectivity index (χ3n) is 5.08. The summed E-state index contributed by atoms with van der Waals surface area (Å²) in [6.07, 6.45) is 4.07. The number of ether oxygens (including phenoxy) is 1. The van der Waals surface area contributed by atoms with E-state index in [2.05, 4.69) is 43.0 Å². The number of hydrogen-bond acceptors (Lipinski definition) is 6. The van der Waals surface area contributed by atoms with Crippen molar-refractivity contribution < 1.29 is 9.84 Å². The van der Waals surface area contributed by atoms with Crippen molar-refractivity contribution in [3.8, 4) is 0 Å². The molecule has 0 aromatic carbocycles. The molecule has 22 heavy (non-hydrogen) atoms. The van der Waals surface area contributed by atoms with Crippen LogP contribution in [0.1, 0.15) is 25.5 Å². The first-order valence-electron chi connectivity index (χ1n) is 7.76. The second-order valence-electron chi connectivity index (χ2n) is 6.25. The molecule has 122 valence electrons. The molecule has 3 heterocycles. The molecular weight excluding hydrogens is 348 g/mol. The number of hydrogen-bond donors (Lipinski definition) is 2. The molecular formula is C15H23BrN4O2. The van der Waals surface area contributed by atoms with E-state index >= 15 is 0 Å². The van der Waals surface area contributed by atoms with E-state index in [0.717, 1.165) is 38.4 Å². The van der Waals surface area contributed by atoms with Crippen LogP contribution in [0.25, 0.3) is 0 Å². The third-order valence-corrected chi connectivity index (χ3v) is 5.46. The highest BCUT2D eigenvalue weighted by Crippen LogP contribution is 2.42. The van der Waals surface area contributed by atoms with Gasteiger partial charge in [-0.3, -0.25) is 0 Å². The van der Waals surface area contributed by atoms with Gasteiger partial charge in [0.25, 0.3) is 0 Å². The molecule has 1 aromatic heterocycles. The fraction of sp³-hybridized carbons (Fsp3) is 0.733. The Balaban J connectivity index is 1.75. The van der Waals surface area contributed by atoms with Gasteiger partial charge >= 0.3 is 0 Å². The molecule has 2 aliphatic rings. The second-order valence-corrected chi connectivity index (χ2v) is 7.07. The monoisotopic (exact) mass is 370 g/mol. The normalized spacial score (nSPS) is 27.5. The first-order valence-corrected chi connectivity index (χ1v) is 8.55. The van der Waals surface area contributed by atoms with E-state index < -0.39 is 0 Å². The highest BCUT2D eigenvalue weighted by atomic mass is 79.9. The quantitative estimate of drug-likeness (QED) is 0.836. The number of aromatic nitrogens is 2. The zero-order chi connectivity index (χ0) is 15.7. The zero-order valence-corrected chi connectivity index (χ0v) is 14.6. The van der Waals surface area contributed by atoms with Crippen LogP contribution in [0.15, 0.2) is 10.8 Å². The predicted molar refractivity (Wildman–Crippen MR) is 87.8 cm³/mol. The van der Waals surface area contributed by atoms with Crippen molar-refractivity contribution in [1.82, 2.24) is 15.3 Å². The molecule has 1 aromatic rings. The minimum Gasteiger partial charge on any atom is -0.390 e. The van der Waals surface area contributed by atoms with Crippen LogP contribution in [-0.4, -0.2) is 54.0 Å². The number of aliphatic hydroxyl groups is 1. The largest absolute Gasteiger partial charge is 0.390 e. The standard InChI is InChI=1S/C15H23BrN4O2/c1-10-13(17-2)15(9-22-10)3-5-20(6-4-15)14-11(8-21)19-12(16)7-18-14/h7,10,13,17,21H,3-6,8-9H2,1-2H3/t10-,13+/m0/s1. The Morgan fingerprint density at radius 1 is 1.50 bits per heavy atom. The van der Waals surface area contributed by atoms with E-state index in [9.17, 15) is 5.11 Å². The molecule has 0 saturated carbocycles. The van der Waals surface area contributed by atoms with E-state index in [0.29, 0.717) is 16.3 Å². The number of piperidine rings is 1. The number of likely N-dealkylation sites (N-methyl/N-ethyl adjacent to an activating group) is 1. The predicted octanol–water partition coefficient (Wildman–Crippen LogP) is 1.32. The van der Waals surface area contributed by atoms with E-state index in [1.165, 1.54) is 0 Å². The van der Waals surface area contributed by atoms with Crippen LogP contribution in [0, 0.1) is 5.41 Å². The summed E-state index contributed by atoms with van der Waals surface area (Å²) in [6, 6.07) is 0.406. The van der Waals surface area contributed by atoms with Gasteiger partial charge in [-0.05, 0) is 42.7 Å². The molecule has 2 atom stereocenters. The van der Waals surface area contributed by atoms with Gasteiger partial charge in [0.1, 0.15) is 10.3 Å². The lowest BCUT2D eigenvalue weighted by atomic mass is 9.73. The van der Waals surface area contributed by atoms with Crippen LogP contribution in [0.5, 0.6) is 0 Å². The molecule has 0 bridgehead atoms. The van der Waals surface area contributed by atoms with Crippen LogP contribution in [-0.2, 0) is 11.3 Å². The summed E-state index contributed by atoms with van der Waals surface area (Å²) in [4.78, 5) is 11.0. The lowest BCUT2D eigenvalue weighted by molar-refractivity contribution is 0.0972. The van der Waals surface area contributed by atoms with Crippen LogP contribution in [0.2, 0.25) is 0 Å². The summed E-state index contributed by atoms with van der Waals surface area (Å²) < 4.78 is 6.55. The number of nitrogens with zero attached hydrogens (tertiary/aromatic N) is 3. The van der Waals surface area contributed by atoms with Crippen molar-refractivity contribution in [2.45, 2.75) is 38.5 Å². The Labute approximate surface area is 139 Å². The Kier molecular flexibility index (Phi) is 4.68. The smallest absolute Gasteiger partial charge is 0.152 e. The Morgan fingerprint density at radius 2 is 2.23 bits per heavy atom. The lowest BCUT2D eigenvalue weighted by Crippen LogP contribution is -2.52. The number of nitrogens with one attached hydrogen (secondary N) is 1. The fourth-order valence-corrected chi connectivity index (χ4v) is 4.22. The van der Waals surface area contributed by atoms with Gasteiger partial charge in [-0.15, -0.1) is 0 Å². The van der Waals surface area contributed by atoms with Crippen molar-refractivity contribution in [3.05, 3.63) is 16.5 Å². The molecule has 6 nitrogen and oxygen atoms in total. The SMILES string of the molecule is CN[C@@H]1[C@H](C)OCC12CCN(c1ncc(Br)nc1CO)CC2. The molecule has 3 rings (SSSR count). The Hall–Kier alpha value is -0.760. The zero-order valence-electron chi connectivity index (χ0n) is 13.0. The van der Waals surface area contributed by atoms with Crippen molar-refractivity contribution in [3.63, 3.8) is 0 Å². The number of rotatable bonds is 3. The number of aliphatic hydroxyl groups excluding tert-OH is 1. The average molecular weight is 371 g/mol. The van der Waals surface area contributed by atoms with E-state index in [4.69, 9.17) is 4.74 Å². The fourth-order valence-electron chi connectivity index (χ4n) is 3.91. The molecule has 2 aliphatic heterocycles. The first kappa shape index (κ1) is 16.1. The molecule has 0 unspecified atom stereocenters. The summed E-state index contributed by atoms with van der Waals surface area (Å²) in [5, 5.41) is 13.0. The molecule has 0 amide bonds. The van der Waals surface area contributed by atoms with Crippen molar-refractivity contribution >= 4 is 21.7 Å². The average Bonchev–Trinajstić information content (AvgIpc) is 2.84. The third kappa shape index (κ3) is 2.75. The van der Waals surface area contributed by atoms with Gasteiger partial charge in [-0.25, -0.2) is 9.97 Å². The maximum absolute atomic E-state index is 9.51. The van der Waals surface area contributed by atoms with E-state index in [1.54, 1.807) is 6.20 Å². The highest BCUT2D eigenvalue weighted by Gasteiger charge is 2.48. The maximum atomic E-state index is 9.51. The van der Waals surface area contributed by atoms with Gasteiger partial charge in [-0.2, -0.15) is 0 Å². The minimum absolute atomic E-state index is 0.0945. The second kappa shape index (κ2) is 6.39. The van der Waals surface area contributed by atoms with Gasteiger partial charge in [0.2, 0.25) is 0 Å². The van der Waals surface area contributed by atoms with Gasteiger partial charge in [-0.1, -0.05) is 0 Å². The van der Waals surface area contributed by atoms with Gasteiger partial charge < -0.3 is 20.1 Å². The van der Waals surface area contributed by atoms with Crippen molar-refractivity contribution in [2.24, 2.45) is 5.41 Å². The summed E-state index contributed by atoms with van der Waals surface area (Å²) in [5.41, 5.74) is 0.846. The topological polar surface area (TPSA) is 70.5 Å². The van der Waals surface area contributed by atoms with Gasteiger partial charge in [0.15, 0.2) is 5.82 Å². The Morgan fingerprint density at radius 3 is 2.86 bits per heavy atom. The summed E-state index contributed by atoms with van der Waals surface area (Å²) in [7, 11) is 2.02. The van der Waals surface area contributed by atoms with Gasteiger partial charge in [0.05, 0.1) is 25.5 Å². The van der Waals surface area contributed by atoms with Crippen LogP contribution in [0.4, 0.5) is 5.82 Å². The summed E-state index contributed by atoms with van der Waals surface area (Å²) in [5.74, 6) is 0.800. The van der Waals surface area contributed by atoms with Crippen LogP contribution < -0.4 is 10.2 Å². The van der Waals surface area contributed by atoms with Gasteiger partial charge in [0, 0.05) is 24.5 Å². The molecule has 0 radical (unpaired) electrons. The van der Waals surface area contributed by atoms with Crippen LogP contribution >= 0.6 is 15.9 Å². The number of anilines is 1. The van der Waals surface area contributed by atoms with Crippen molar-refractivity contribution in [2.75, 3.05) is 31.6 Å². The summed E-state index contributed by atoms with van der Waals surface area (Å²) in [6.45, 7) is 4.70. The molecule has 0 aliphatic carbocycles. The van der Waals surface area contributed by atoms with E-state index in [1.807, 2.05) is 7.05 Å². The maximum Gasteiger partial charge on any atom is 0.152 e. The molecule has 2 N–H and O–H groups in total. The first-order chi connectivity index (χ1) is 10.6. The lowest BCUT2D eigenvalue weighted by Gasteiger charge is -2.43. The highest BCUT2D eigenvalue weighted by molar-refractivity contribution is 9.10. The molecule has 7 heteroatoms. The molecule has 1 spiro atoms.